The summed E-state index contributed by atoms with van der Waals surface area (Å²) in [5, 5.41) is 19.6. The third-order valence-corrected chi connectivity index (χ3v) is 2.78. The van der Waals surface area contributed by atoms with Crippen molar-refractivity contribution in [2.45, 2.75) is 45.6 Å². The maximum Gasteiger partial charge on any atom is 0.144 e. The zero-order valence-electron chi connectivity index (χ0n) is 10.4. The third kappa shape index (κ3) is 2.47. The van der Waals surface area contributed by atoms with Crippen molar-refractivity contribution >= 4 is 5.69 Å². The van der Waals surface area contributed by atoms with Crippen LogP contribution >= 0.6 is 0 Å². The first kappa shape index (κ1) is 12.8. The van der Waals surface area contributed by atoms with Crippen molar-refractivity contribution in [2.24, 2.45) is 0 Å². The van der Waals surface area contributed by atoms with E-state index in [2.05, 4.69) is 20.8 Å². The Morgan fingerprint density at radius 2 is 1.88 bits per heavy atom. The van der Waals surface area contributed by atoms with Crippen LogP contribution in [0.1, 0.15) is 51.3 Å². The molecule has 1 rings (SSSR count). The molecular formula is C13H21NO2. The van der Waals surface area contributed by atoms with Gasteiger partial charge in [0.15, 0.2) is 0 Å². The Balaban J connectivity index is 3.33. The summed E-state index contributed by atoms with van der Waals surface area (Å²) >= 11 is 0. The number of aromatic hydroxyl groups is 1. The molecule has 4 N–H and O–H groups in total. The number of rotatable bonds is 2. The zero-order chi connectivity index (χ0) is 12.5. The lowest BCUT2D eigenvalue weighted by Gasteiger charge is -2.22. The quantitative estimate of drug-likeness (QED) is 0.533. The van der Waals surface area contributed by atoms with Gasteiger partial charge in [0.2, 0.25) is 0 Å². The van der Waals surface area contributed by atoms with Crippen LogP contribution in [-0.2, 0) is 5.41 Å². The summed E-state index contributed by atoms with van der Waals surface area (Å²) in [6, 6.07) is 3.60. The van der Waals surface area contributed by atoms with Crippen LogP contribution in [0.5, 0.6) is 5.75 Å². The summed E-state index contributed by atoms with van der Waals surface area (Å²) < 4.78 is 0. The van der Waals surface area contributed by atoms with Gasteiger partial charge in [0.1, 0.15) is 5.75 Å². The van der Waals surface area contributed by atoms with Gasteiger partial charge in [-0.2, -0.15) is 0 Å². The van der Waals surface area contributed by atoms with Crippen LogP contribution < -0.4 is 5.73 Å². The number of hydrogen-bond acceptors (Lipinski definition) is 3. The van der Waals surface area contributed by atoms with Gasteiger partial charge in [-0.15, -0.1) is 0 Å². The van der Waals surface area contributed by atoms with Crippen LogP contribution in [-0.4, -0.2) is 10.2 Å². The van der Waals surface area contributed by atoms with Gasteiger partial charge in [0.25, 0.3) is 0 Å². The fraction of sp³-hybridized carbons (Fsp3) is 0.538. The molecule has 0 amide bonds. The molecule has 3 heteroatoms. The summed E-state index contributed by atoms with van der Waals surface area (Å²) in [4.78, 5) is 0. The molecule has 1 aromatic rings. The molecule has 0 spiro atoms. The number of hydrogen-bond donors (Lipinski definition) is 3. The van der Waals surface area contributed by atoms with Gasteiger partial charge in [-0.1, -0.05) is 27.7 Å². The lowest BCUT2D eigenvalue weighted by atomic mass is 9.84. The standard InChI is InChI=1S/C13H21NO2/c1-5-11(15)9-6-8(13(2,3)4)7-10(14)12(9)16/h6-7,11,15-16H,5,14H2,1-4H3. The summed E-state index contributed by atoms with van der Waals surface area (Å²) in [5.74, 6) is 0.00218. The summed E-state index contributed by atoms with van der Waals surface area (Å²) in [7, 11) is 0. The Morgan fingerprint density at radius 3 is 2.31 bits per heavy atom. The first-order valence-electron chi connectivity index (χ1n) is 5.58. The molecule has 1 unspecified atom stereocenters. The van der Waals surface area contributed by atoms with E-state index in [0.29, 0.717) is 17.7 Å². The largest absolute Gasteiger partial charge is 0.505 e. The molecule has 0 aromatic heterocycles. The van der Waals surface area contributed by atoms with Gasteiger partial charge >= 0.3 is 0 Å². The van der Waals surface area contributed by atoms with E-state index >= 15 is 0 Å². The van der Waals surface area contributed by atoms with Crippen LogP contribution in [0, 0.1) is 0 Å². The molecule has 0 radical (unpaired) electrons. The normalized spacial score (nSPS) is 13.8. The Hall–Kier alpha value is -1.22. The zero-order valence-corrected chi connectivity index (χ0v) is 10.4. The van der Waals surface area contributed by atoms with Crippen molar-refractivity contribution in [2.75, 3.05) is 5.73 Å². The second-order valence-corrected chi connectivity index (χ2v) is 5.18. The van der Waals surface area contributed by atoms with E-state index in [9.17, 15) is 10.2 Å². The molecule has 0 fully saturated rings. The van der Waals surface area contributed by atoms with Crippen LogP contribution in [0.25, 0.3) is 0 Å². The maximum absolute atomic E-state index is 9.81. The Morgan fingerprint density at radius 1 is 1.31 bits per heavy atom. The maximum atomic E-state index is 9.81. The van der Waals surface area contributed by atoms with Gasteiger partial charge in [0.05, 0.1) is 11.8 Å². The number of aliphatic hydroxyl groups excluding tert-OH is 1. The molecule has 1 aromatic carbocycles. The SMILES string of the molecule is CCC(O)c1cc(C(C)(C)C)cc(N)c1O. The number of nitrogen functional groups attached to an aromatic ring is 1. The van der Waals surface area contributed by atoms with Crippen LogP contribution in [0.3, 0.4) is 0 Å². The van der Waals surface area contributed by atoms with Gasteiger partial charge in [0, 0.05) is 5.56 Å². The highest BCUT2D eigenvalue weighted by molar-refractivity contribution is 5.59. The van der Waals surface area contributed by atoms with Gasteiger partial charge in [-0.05, 0) is 29.5 Å². The molecule has 0 aliphatic heterocycles. The summed E-state index contributed by atoms with van der Waals surface area (Å²) in [6.07, 6.45) is -0.106. The first-order valence-corrected chi connectivity index (χ1v) is 5.58. The van der Waals surface area contributed by atoms with Crippen molar-refractivity contribution < 1.29 is 10.2 Å². The molecule has 0 aliphatic carbocycles. The molecule has 3 nitrogen and oxygen atoms in total. The lowest BCUT2D eigenvalue weighted by molar-refractivity contribution is 0.170. The first-order chi connectivity index (χ1) is 7.27. The minimum absolute atomic E-state index is 0.00218. The molecule has 0 heterocycles. The monoisotopic (exact) mass is 223 g/mol. The van der Waals surface area contributed by atoms with E-state index in [-0.39, 0.29) is 11.2 Å². The molecule has 0 aliphatic rings. The van der Waals surface area contributed by atoms with E-state index < -0.39 is 6.10 Å². The van der Waals surface area contributed by atoms with Crippen molar-refractivity contribution in [3.63, 3.8) is 0 Å². The van der Waals surface area contributed by atoms with Crippen molar-refractivity contribution in [3.05, 3.63) is 23.3 Å². The Kier molecular flexibility index (Phi) is 3.48. The third-order valence-electron chi connectivity index (χ3n) is 2.78. The molecule has 0 saturated heterocycles. The van der Waals surface area contributed by atoms with Gasteiger partial charge in [-0.3, -0.25) is 0 Å². The van der Waals surface area contributed by atoms with E-state index in [1.807, 2.05) is 13.0 Å². The van der Waals surface area contributed by atoms with Crippen molar-refractivity contribution in [1.82, 2.24) is 0 Å². The highest BCUT2D eigenvalue weighted by Gasteiger charge is 2.20. The second-order valence-electron chi connectivity index (χ2n) is 5.18. The Bertz CT molecular complexity index is 380. The van der Waals surface area contributed by atoms with Crippen LogP contribution in [0.4, 0.5) is 5.69 Å². The summed E-state index contributed by atoms with van der Waals surface area (Å²) in [6.45, 7) is 8.08. The molecule has 16 heavy (non-hydrogen) atoms. The smallest absolute Gasteiger partial charge is 0.144 e. The van der Waals surface area contributed by atoms with Crippen LogP contribution in [0.2, 0.25) is 0 Å². The molecule has 90 valence electrons. The molecular weight excluding hydrogens is 202 g/mol. The lowest BCUT2D eigenvalue weighted by Crippen LogP contribution is -2.13. The number of phenolic OH excluding ortho intramolecular Hbond substituents is 1. The average Bonchev–Trinajstić information content (AvgIpc) is 2.19. The second kappa shape index (κ2) is 4.34. The van der Waals surface area contributed by atoms with Crippen LogP contribution in [0.15, 0.2) is 12.1 Å². The number of nitrogens with two attached hydrogens (primary N) is 1. The number of aliphatic hydroxyl groups is 1. The predicted octanol–water partition coefficient (Wildman–Crippen LogP) is 2.72. The molecule has 0 saturated carbocycles. The number of phenols is 1. The fourth-order valence-corrected chi connectivity index (χ4v) is 1.59. The molecule has 1 atom stereocenters. The van der Waals surface area contributed by atoms with Gasteiger partial charge in [-0.25, -0.2) is 0 Å². The molecule has 0 bridgehead atoms. The number of anilines is 1. The Labute approximate surface area is 96.9 Å². The summed E-state index contributed by atoms with van der Waals surface area (Å²) in [5.41, 5.74) is 7.57. The van der Waals surface area contributed by atoms with E-state index in [1.165, 1.54) is 0 Å². The average molecular weight is 223 g/mol. The highest BCUT2D eigenvalue weighted by Crippen LogP contribution is 2.36. The van der Waals surface area contributed by atoms with Crippen molar-refractivity contribution in [3.8, 4) is 5.75 Å². The van der Waals surface area contributed by atoms with Gasteiger partial charge < -0.3 is 15.9 Å². The fourth-order valence-electron chi connectivity index (χ4n) is 1.59. The highest BCUT2D eigenvalue weighted by atomic mass is 16.3. The van der Waals surface area contributed by atoms with E-state index in [4.69, 9.17) is 5.73 Å². The predicted molar refractivity (Wildman–Crippen MR) is 66.5 cm³/mol. The minimum atomic E-state index is -0.662. The topological polar surface area (TPSA) is 66.5 Å². The van der Waals surface area contributed by atoms with E-state index in [0.717, 1.165) is 5.56 Å². The number of benzene rings is 1. The van der Waals surface area contributed by atoms with Crippen molar-refractivity contribution in [1.29, 1.82) is 0 Å². The van der Waals surface area contributed by atoms with E-state index in [1.54, 1.807) is 6.07 Å². The minimum Gasteiger partial charge on any atom is -0.505 e.